The molecule has 2 aromatic heterocycles. The molecule has 2 N–H and O–H groups in total. The lowest BCUT2D eigenvalue weighted by Gasteiger charge is -2.23. The zero-order valence-corrected chi connectivity index (χ0v) is 15.9. The van der Waals surface area contributed by atoms with Gasteiger partial charge in [-0.1, -0.05) is 13.8 Å². The van der Waals surface area contributed by atoms with Gasteiger partial charge in [0, 0.05) is 33.3 Å². The van der Waals surface area contributed by atoms with Crippen molar-refractivity contribution in [3.63, 3.8) is 0 Å². The lowest BCUT2D eigenvalue weighted by Crippen LogP contribution is -2.38. The van der Waals surface area contributed by atoms with Crippen LogP contribution in [0.1, 0.15) is 38.7 Å². The van der Waals surface area contributed by atoms with Crippen molar-refractivity contribution < 1.29 is 14.7 Å². The van der Waals surface area contributed by atoms with E-state index in [1.54, 1.807) is 7.05 Å². The van der Waals surface area contributed by atoms with Crippen LogP contribution in [0.4, 0.5) is 16.6 Å². The number of anilines is 2. The first-order valence-corrected chi connectivity index (χ1v) is 8.92. The third-order valence-electron chi connectivity index (χ3n) is 4.81. The molecule has 9 heteroatoms. The molecule has 3 rings (SSSR count). The minimum atomic E-state index is -0.951. The molecule has 0 saturated carbocycles. The Morgan fingerprint density at radius 3 is 2.74 bits per heavy atom. The van der Waals surface area contributed by atoms with E-state index in [9.17, 15) is 14.7 Å². The molecule has 0 radical (unpaired) electrons. The lowest BCUT2D eigenvalue weighted by molar-refractivity contribution is -0.114. The summed E-state index contributed by atoms with van der Waals surface area (Å²) in [6.45, 7) is 6.73. The van der Waals surface area contributed by atoms with Crippen molar-refractivity contribution in [1.29, 1.82) is 0 Å². The second kappa shape index (κ2) is 7.34. The molecule has 9 nitrogen and oxygen atoms in total. The molecule has 1 saturated heterocycles. The van der Waals surface area contributed by atoms with E-state index in [2.05, 4.69) is 34.1 Å². The number of carboxylic acid groups (broad SMARTS) is 1. The van der Waals surface area contributed by atoms with Crippen molar-refractivity contribution in [2.24, 2.45) is 0 Å². The van der Waals surface area contributed by atoms with E-state index in [-0.39, 0.29) is 17.9 Å². The van der Waals surface area contributed by atoms with Gasteiger partial charge < -0.3 is 14.9 Å². The van der Waals surface area contributed by atoms with Gasteiger partial charge in [-0.3, -0.25) is 15.1 Å². The van der Waals surface area contributed by atoms with Gasteiger partial charge in [0.25, 0.3) is 0 Å². The number of carbonyl (C=O) groups excluding carboxylic acids is 1. The highest BCUT2D eigenvalue weighted by atomic mass is 16.4. The fourth-order valence-electron chi connectivity index (χ4n) is 3.17. The van der Waals surface area contributed by atoms with Crippen LogP contribution in [-0.4, -0.2) is 63.1 Å². The average Bonchev–Trinajstić information content (AvgIpc) is 3.08. The Kier molecular flexibility index (Phi) is 5.11. The first-order valence-electron chi connectivity index (χ1n) is 8.92. The van der Waals surface area contributed by atoms with Crippen molar-refractivity contribution in [3.05, 3.63) is 17.8 Å². The number of hydrogen-bond acceptors (Lipinski definition) is 6. The van der Waals surface area contributed by atoms with Gasteiger partial charge in [0.1, 0.15) is 5.52 Å². The first-order chi connectivity index (χ1) is 12.8. The third kappa shape index (κ3) is 3.91. The number of aromatic nitrogens is 3. The zero-order valence-electron chi connectivity index (χ0n) is 15.9. The summed E-state index contributed by atoms with van der Waals surface area (Å²) in [6, 6.07) is 1.84. The van der Waals surface area contributed by atoms with E-state index in [1.807, 2.05) is 17.2 Å². The molecule has 1 unspecified atom stereocenters. The second-order valence-corrected chi connectivity index (χ2v) is 7.13. The van der Waals surface area contributed by atoms with Gasteiger partial charge in [-0.15, -0.1) is 0 Å². The fourth-order valence-corrected chi connectivity index (χ4v) is 3.17. The molecule has 2 aromatic rings. The summed E-state index contributed by atoms with van der Waals surface area (Å²) in [5.74, 6) is 0.881. The SMILES string of the molecule is CC(=O)Nc1nc(N2CCC(N(C)C(=O)O)C2)c2ncc(C(C)C)cc2n1. The van der Waals surface area contributed by atoms with Crippen molar-refractivity contribution in [2.45, 2.75) is 39.2 Å². The lowest BCUT2D eigenvalue weighted by atomic mass is 10.1. The molecule has 0 bridgehead atoms. The van der Waals surface area contributed by atoms with Gasteiger partial charge in [0.05, 0.1) is 11.6 Å². The Morgan fingerprint density at radius 2 is 2.11 bits per heavy atom. The number of pyridine rings is 1. The zero-order chi connectivity index (χ0) is 19.7. The highest BCUT2D eigenvalue weighted by molar-refractivity contribution is 5.91. The molecular weight excluding hydrogens is 348 g/mol. The molecule has 2 amide bonds. The Morgan fingerprint density at radius 1 is 1.37 bits per heavy atom. The number of amides is 2. The van der Waals surface area contributed by atoms with E-state index in [1.165, 1.54) is 11.8 Å². The summed E-state index contributed by atoms with van der Waals surface area (Å²) in [7, 11) is 1.57. The number of fused-ring (bicyclic) bond motifs is 1. The van der Waals surface area contributed by atoms with Gasteiger partial charge in [-0.25, -0.2) is 9.78 Å². The molecule has 1 aliphatic rings. The Labute approximate surface area is 157 Å². The van der Waals surface area contributed by atoms with E-state index in [0.29, 0.717) is 42.3 Å². The highest BCUT2D eigenvalue weighted by Gasteiger charge is 2.30. The molecule has 0 spiro atoms. The minimum absolute atomic E-state index is 0.119. The van der Waals surface area contributed by atoms with Gasteiger partial charge in [-0.2, -0.15) is 4.98 Å². The topological polar surface area (TPSA) is 112 Å². The number of rotatable bonds is 4. The number of carbonyl (C=O) groups is 2. The van der Waals surface area contributed by atoms with E-state index >= 15 is 0 Å². The van der Waals surface area contributed by atoms with Crippen LogP contribution in [-0.2, 0) is 4.79 Å². The van der Waals surface area contributed by atoms with Crippen molar-refractivity contribution >= 4 is 34.8 Å². The van der Waals surface area contributed by atoms with Gasteiger partial charge in [0.15, 0.2) is 5.82 Å². The molecule has 3 heterocycles. The quantitative estimate of drug-likeness (QED) is 0.847. The van der Waals surface area contributed by atoms with Crippen LogP contribution >= 0.6 is 0 Å². The first kappa shape index (κ1) is 18.8. The van der Waals surface area contributed by atoms with Crippen LogP contribution in [0.5, 0.6) is 0 Å². The van der Waals surface area contributed by atoms with Crippen molar-refractivity contribution in [2.75, 3.05) is 30.4 Å². The van der Waals surface area contributed by atoms with Crippen molar-refractivity contribution in [3.8, 4) is 0 Å². The summed E-state index contributed by atoms with van der Waals surface area (Å²) in [6.07, 6.45) is 1.57. The van der Waals surface area contributed by atoms with E-state index < -0.39 is 6.09 Å². The maximum absolute atomic E-state index is 11.5. The van der Waals surface area contributed by atoms with E-state index in [4.69, 9.17) is 0 Å². The predicted octanol–water partition coefficient (Wildman–Crippen LogP) is 2.30. The van der Waals surface area contributed by atoms with Crippen LogP contribution in [0.2, 0.25) is 0 Å². The molecule has 0 aromatic carbocycles. The molecule has 1 atom stereocenters. The van der Waals surface area contributed by atoms with Crippen LogP contribution in [0.15, 0.2) is 12.3 Å². The van der Waals surface area contributed by atoms with Gasteiger partial charge in [-0.05, 0) is 24.0 Å². The van der Waals surface area contributed by atoms with Crippen LogP contribution < -0.4 is 10.2 Å². The molecule has 27 heavy (non-hydrogen) atoms. The normalized spacial score (nSPS) is 16.8. The second-order valence-electron chi connectivity index (χ2n) is 7.13. The Hall–Kier alpha value is -2.97. The van der Waals surface area contributed by atoms with Crippen molar-refractivity contribution in [1.82, 2.24) is 19.9 Å². The molecule has 0 aliphatic carbocycles. The number of likely N-dealkylation sites (N-methyl/N-ethyl adjacent to an activating group) is 1. The highest BCUT2D eigenvalue weighted by Crippen LogP contribution is 2.29. The summed E-state index contributed by atoms with van der Waals surface area (Å²) in [5.41, 5.74) is 2.35. The third-order valence-corrected chi connectivity index (χ3v) is 4.81. The van der Waals surface area contributed by atoms with Crippen LogP contribution in [0.3, 0.4) is 0 Å². The smallest absolute Gasteiger partial charge is 0.407 e. The minimum Gasteiger partial charge on any atom is -0.465 e. The van der Waals surface area contributed by atoms with Crippen LogP contribution in [0.25, 0.3) is 11.0 Å². The summed E-state index contributed by atoms with van der Waals surface area (Å²) < 4.78 is 0. The average molecular weight is 372 g/mol. The number of hydrogen-bond donors (Lipinski definition) is 2. The number of nitrogens with zero attached hydrogens (tertiary/aromatic N) is 5. The summed E-state index contributed by atoms with van der Waals surface area (Å²) in [5, 5.41) is 11.9. The maximum atomic E-state index is 11.5. The fraction of sp³-hybridized carbons (Fsp3) is 0.500. The Balaban J connectivity index is 2.02. The predicted molar refractivity (Wildman–Crippen MR) is 102 cm³/mol. The molecular formula is C18H24N6O3. The summed E-state index contributed by atoms with van der Waals surface area (Å²) >= 11 is 0. The van der Waals surface area contributed by atoms with Crippen LogP contribution in [0, 0.1) is 0 Å². The van der Waals surface area contributed by atoms with Gasteiger partial charge in [0.2, 0.25) is 11.9 Å². The molecule has 1 aliphatic heterocycles. The maximum Gasteiger partial charge on any atom is 0.407 e. The van der Waals surface area contributed by atoms with Gasteiger partial charge >= 0.3 is 6.09 Å². The largest absolute Gasteiger partial charge is 0.465 e. The Bertz CT molecular complexity index is 885. The van der Waals surface area contributed by atoms with E-state index in [0.717, 1.165) is 5.56 Å². The number of nitrogens with one attached hydrogen (secondary N) is 1. The standard InChI is InChI=1S/C18H24N6O3/c1-10(2)12-7-14-15(19-8-12)16(22-17(21-14)20-11(3)25)24-6-5-13(9-24)23(4)18(26)27/h7-8,10,13H,5-6,9H2,1-4H3,(H,26,27)(H,20,21,22,25). The molecule has 144 valence electrons. The monoisotopic (exact) mass is 372 g/mol. The summed E-state index contributed by atoms with van der Waals surface area (Å²) in [4.78, 5) is 39.5. The molecule has 1 fully saturated rings.